The highest BCUT2D eigenvalue weighted by Gasteiger charge is 2.65. The van der Waals surface area contributed by atoms with Gasteiger partial charge in [0.15, 0.2) is 5.78 Å². The van der Waals surface area contributed by atoms with Crippen LogP contribution in [0.3, 0.4) is 0 Å². The molecule has 126 valence electrons. The van der Waals surface area contributed by atoms with Gasteiger partial charge in [-0.05, 0) is 29.0 Å². The highest BCUT2D eigenvalue weighted by Crippen LogP contribution is 2.68. The minimum atomic E-state index is -0.307. The van der Waals surface area contributed by atoms with E-state index in [-0.39, 0.29) is 16.7 Å². The average molecular weight is 328 g/mol. The number of carbonyl (C=O) groups excluding carboxylic acids is 1. The van der Waals surface area contributed by atoms with Crippen molar-refractivity contribution in [2.24, 2.45) is 16.7 Å². The largest absolute Gasteiger partial charge is 0.294 e. The van der Waals surface area contributed by atoms with E-state index in [1.807, 2.05) is 24.3 Å². The molecule has 2 atom stereocenters. The standard InChI is InChI=1S/C24H24O/c1-23(2)21-19(14-17-10-6-4-7-11-17)16-24(23,3)22(25)20(21)15-18-12-8-5-9-13-18/h4-15,21H,16H2,1-3H3. The van der Waals surface area contributed by atoms with Crippen molar-refractivity contribution in [1.82, 2.24) is 0 Å². The van der Waals surface area contributed by atoms with Gasteiger partial charge in [-0.1, -0.05) is 93.1 Å². The number of ketones is 1. The Morgan fingerprint density at radius 1 is 0.840 bits per heavy atom. The van der Waals surface area contributed by atoms with Crippen LogP contribution in [0.2, 0.25) is 0 Å². The van der Waals surface area contributed by atoms with Gasteiger partial charge in [0.2, 0.25) is 0 Å². The Morgan fingerprint density at radius 2 is 1.36 bits per heavy atom. The predicted molar refractivity (Wildman–Crippen MR) is 104 cm³/mol. The molecule has 2 aliphatic carbocycles. The summed E-state index contributed by atoms with van der Waals surface area (Å²) in [5.41, 5.74) is 4.34. The number of fused-ring (bicyclic) bond motifs is 2. The highest BCUT2D eigenvalue weighted by molar-refractivity contribution is 6.09. The van der Waals surface area contributed by atoms with E-state index in [1.165, 1.54) is 11.1 Å². The van der Waals surface area contributed by atoms with Crippen LogP contribution in [-0.4, -0.2) is 5.78 Å². The van der Waals surface area contributed by atoms with Crippen molar-refractivity contribution in [3.63, 3.8) is 0 Å². The van der Waals surface area contributed by atoms with Gasteiger partial charge in [-0.2, -0.15) is 0 Å². The maximum absolute atomic E-state index is 13.2. The summed E-state index contributed by atoms with van der Waals surface area (Å²) in [4.78, 5) is 13.2. The third kappa shape index (κ3) is 2.33. The zero-order valence-corrected chi connectivity index (χ0v) is 15.1. The molecule has 25 heavy (non-hydrogen) atoms. The van der Waals surface area contributed by atoms with E-state index in [4.69, 9.17) is 0 Å². The summed E-state index contributed by atoms with van der Waals surface area (Å²) < 4.78 is 0. The Labute approximate surface area is 150 Å². The fourth-order valence-corrected chi connectivity index (χ4v) is 4.71. The molecule has 0 aromatic heterocycles. The number of hydrogen-bond donors (Lipinski definition) is 0. The van der Waals surface area contributed by atoms with Gasteiger partial charge in [-0.15, -0.1) is 0 Å². The lowest BCUT2D eigenvalue weighted by molar-refractivity contribution is -0.125. The molecular weight excluding hydrogens is 304 g/mol. The molecule has 0 amide bonds. The molecule has 0 aliphatic heterocycles. The Balaban J connectivity index is 1.84. The van der Waals surface area contributed by atoms with Crippen molar-refractivity contribution in [3.8, 4) is 0 Å². The molecule has 1 nitrogen and oxygen atoms in total. The molecule has 2 saturated carbocycles. The molecule has 0 N–H and O–H groups in total. The van der Waals surface area contributed by atoms with E-state index in [0.29, 0.717) is 5.78 Å². The lowest BCUT2D eigenvalue weighted by Crippen LogP contribution is -2.32. The first kappa shape index (κ1) is 16.1. The van der Waals surface area contributed by atoms with E-state index >= 15 is 0 Å². The van der Waals surface area contributed by atoms with E-state index in [2.05, 4.69) is 69.3 Å². The smallest absolute Gasteiger partial charge is 0.166 e. The fourth-order valence-electron chi connectivity index (χ4n) is 4.71. The molecule has 2 bridgehead atoms. The Hall–Kier alpha value is -2.41. The van der Waals surface area contributed by atoms with Crippen LogP contribution < -0.4 is 0 Å². The van der Waals surface area contributed by atoms with Gasteiger partial charge in [-0.25, -0.2) is 0 Å². The molecule has 2 aliphatic rings. The van der Waals surface area contributed by atoms with Gasteiger partial charge in [-0.3, -0.25) is 4.79 Å². The first-order chi connectivity index (χ1) is 11.9. The summed E-state index contributed by atoms with van der Waals surface area (Å²) in [7, 11) is 0. The summed E-state index contributed by atoms with van der Waals surface area (Å²) in [6, 6.07) is 20.7. The van der Waals surface area contributed by atoms with Crippen molar-refractivity contribution in [2.45, 2.75) is 27.2 Å². The van der Waals surface area contributed by atoms with Crippen LogP contribution in [0.25, 0.3) is 12.2 Å². The Morgan fingerprint density at radius 3 is 1.88 bits per heavy atom. The van der Waals surface area contributed by atoms with Crippen LogP contribution in [0.1, 0.15) is 38.3 Å². The summed E-state index contributed by atoms with van der Waals surface area (Å²) in [6.45, 7) is 6.67. The molecule has 2 aromatic carbocycles. The monoisotopic (exact) mass is 328 g/mol. The van der Waals surface area contributed by atoms with Crippen LogP contribution >= 0.6 is 0 Å². The second-order valence-corrected chi connectivity index (χ2v) is 8.13. The molecule has 4 rings (SSSR count). The zero-order valence-electron chi connectivity index (χ0n) is 15.1. The molecule has 0 radical (unpaired) electrons. The fraction of sp³-hybridized carbons (Fsp3) is 0.292. The minimum absolute atomic E-state index is 0.0503. The van der Waals surface area contributed by atoms with E-state index in [9.17, 15) is 4.79 Å². The third-order valence-corrected chi connectivity index (χ3v) is 6.42. The van der Waals surface area contributed by atoms with Gasteiger partial charge in [0.25, 0.3) is 0 Å². The van der Waals surface area contributed by atoms with Crippen molar-refractivity contribution in [2.75, 3.05) is 0 Å². The molecule has 0 saturated heterocycles. The lowest BCUT2D eigenvalue weighted by atomic mass is 9.70. The molecule has 1 heteroatoms. The number of Topliss-reactive ketones (excluding diaryl/α,β-unsaturated/α-hetero) is 1. The van der Waals surface area contributed by atoms with Crippen molar-refractivity contribution < 1.29 is 4.79 Å². The highest BCUT2D eigenvalue weighted by atomic mass is 16.1. The predicted octanol–water partition coefficient (Wildman–Crippen LogP) is 5.79. The van der Waals surface area contributed by atoms with Crippen molar-refractivity contribution in [1.29, 1.82) is 0 Å². The summed E-state index contributed by atoms with van der Waals surface area (Å²) in [6.07, 6.45) is 5.27. The first-order valence-electron chi connectivity index (χ1n) is 9.00. The normalized spacial score (nSPS) is 30.4. The molecule has 0 heterocycles. The van der Waals surface area contributed by atoms with Gasteiger partial charge in [0, 0.05) is 16.9 Å². The topological polar surface area (TPSA) is 17.1 Å². The van der Waals surface area contributed by atoms with Crippen LogP contribution in [0.4, 0.5) is 0 Å². The zero-order chi connectivity index (χ0) is 17.7. The molecule has 2 unspecified atom stereocenters. The number of allylic oxidation sites excluding steroid dienone is 2. The average Bonchev–Trinajstić information content (AvgIpc) is 2.88. The SMILES string of the molecule is CC12CC(=Cc3ccccc3)C(C(=Cc3ccccc3)C1=O)C2(C)C. The molecule has 2 fully saturated rings. The number of rotatable bonds is 2. The van der Waals surface area contributed by atoms with Gasteiger partial charge < -0.3 is 0 Å². The third-order valence-electron chi connectivity index (χ3n) is 6.42. The van der Waals surface area contributed by atoms with Gasteiger partial charge >= 0.3 is 0 Å². The number of benzene rings is 2. The van der Waals surface area contributed by atoms with E-state index in [1.54, 1.807) is 0 Å². The van der Waals surface area contributed by atoms with Crippen molar-refractivity contribution >= 4 is 17.9 Å². The summed E-state index contributed by atoms with van der Waals surface area (Å²) in [5.74, 6) is 0.530. The molecule has 2 aromatic rings. The van der Waals surface area contributed by atoms with Crippen LogP contribution in [0, 0.1) is 16.7 Å². The van der Waals surface area contributed by atoms with Crippen LogP contribution in [0.5, 0.6) is 0 Å². The lowest BCUT2D eigenvalue weighted by Gasteiger charge is -2.31. The Bertz CT molecular complexity index is 871. The molecular formula is C24H24O. The van der Waals surface area contributed by atoms with Gasteiger partial charge in [0.05, 0.1) is 0 Å². The van der Waals surface area contributed by atoms with Gasteiger partial charge in [0.1, 0.15) is 0 Å². The van der Waals surface area contributed by atoms with Crippen LogP contribution in [0.15, 0.2) is 71.8 Å². The summed E-state index contributed by atoms with van der Waals surface area (Å²) >= 11 is 0. The maximum Gasteiger partial charge on any atom is 0.166 e. The van der Waals surface area contributed by atoms with E-state index < -0.39 is 0 Å². The summed E-state index contributed by atoms with van der Waals surface area (Å²) in [5, 5.41) is 0. The molecule has 0 spiro atoms. The number of hydrogen-bond acceptors (Lipinski definition) is 1. The Kier molecular flexibility index (Phi) is 3.57. The van der Waals surface area contributed by atoms with E-state index in [0.717, 1.165) is 17.6 Å². The number of carbonyl (C=O) groups is 1. The minimum Gasteiger partial charge on any atom is -0.294 e. The quantitative estimate of drug-likeness (QED) is 0.638. The van der Waals surface area contributed by atoms with Crippen molar-refractivity contribution in [3.05, 3.63) is 82.9 Å². The second kappa shape index (κ2) is 5.56. The van der Waals surface area contributed by atoms with Crippen LogP contribution in [-0.2, 0) is 4.79 Å². The first-order valence-corrected chi connectivity index (χ1v) is 9.00. The maximum atomic E-state index is 13.2. The second-order valence-electron chi connectivity index (χ2n) is 8.13.